The molecule has 174 valence electrons. The van der Waals surface area contributed by atoms with E-state index in [0.29, 0.717) is 41.4 Å². The Labute approximate surface area is 199 Å². The van der Waals surface area contributed by atoms with Crippen molar-refractivity contribution in [3.63, 3.8) is 0 Å². The van der Waals surface area contributed by atoms with E-state index in [1.165, 1.54) is 0 Å². The van der Waals surface area contributed by atoms with Gasteiger partial charge in [-0.15, -0.1) is 0 Å². The van der Waals surface area contributed by atoms with Crippen molar-refractivity contribution in [1.29, 1.82) is 5.26 Å². The van der Waals surface area contributed by atoms with E-state index in [9.17, 15) is 19.6 Å². The van der Waals surface area contributed by atoms with Gasteiger partial charge in [0, 0.05) is 30.1 Å². The third kappa shape index (κ3) is 5.65. The van der Waals surface area contributed by atoms with E-state index >= 15 is 0 Å². The van der Waals surface area contributed by atoms with Gasteiger partial charge in [-0.25, -0.2) is 0 Å². The number of aromatic amines is 1. The molecule has 2 saturated carbocycles. The number of Topliss-reactive ketones (excluding diaryl/α,β-unsaturated/α-hetero) is 2. The number of rotatable bonds is 9. The van der Waals surface area contributed by atoms with E-state index in [4.69, 9.17) is 11.6 Å². The van der Waals surface area contributed by atoms with Gasteiger partial charge in [0.25, 0.3) is 0 Å². The van der Waals surface area contributed by atoms with E-state index in [2.05, 4.69) is 16.4 Å². The predicted molar refractivity (Wildman–Crippen MR) is 127 cm³/mol. The van der Waals surface area contributed by atoms with Crippen molar-refractivity contribution < 1.29 is 14.4 Å². The maximum Gasteiger partial charge on any atom is 0.224 e. The molecule has 0 radical (unpaired) electrons. The lowest BCUT2D eigenvalue weighted by atomic mass is 9.79. The number of nitriles is 1. The molecule has 4 rings (SSSR count). The number of aromatic nitrogens is 1. The van der Waals surface area contributed by atoms with Gasteiger partial charge in [-0.3, -0.25) is 14.4 Å². The first-order valence-electron chi connectivity index (χ1n) is 11.8. The molecule has 6 nitrogen and oxygen atoms in total. The van der Waals surface area contributed by atoms with Gasteiger partial charge >= 0.3 is 0 Å². The average molecular weight is 468 g/mol. The second-order valence-corrected chi connectivity index (χ2v) is 10.3. The van der Waals surface area contributed by atoms with Crippen molar-refractivity contribution in [3.8, 4) is 6.07 Å². The third-order valence-electron chi connectivity index (χ3n) is 7.00. The molecular weight excluding hydrogens is 438 g/mol. The highest BCUT2D eigenvalue weighted by molar-refractivity contribution is 6.35. The number of ketones is 2. The summed E-state index contributed by atoms with van der Waals surface area (Å²) in [4.78, 5) is 41.7. The highest BCUT2D eigenvalue weighted by Crippen LogP contribution is 2.37. The topological polar surface area (TPSA) is 103 Å². The van der Waals surface area contributed by atoms with Crippen molar-refractivity contribution in [2.45, 2.75) is 70.3 Å². The van der Waals surface area contributed by atoms with Crippen LogP contribution in [0.5, 0.6) is 0 Å². The molecule has 0 spiro atoms. The van der Waals surface area contributed by atoms with Crippen molar-refractivity contribution in [2.75, 3.05) is 0 Å². The number of halogens is 1. The van der Waals surface area contributed by atoms with Crippen molar-refractivity contribution >= 4 is 40.0 Å². The molecule has 1 aromatic heterocycles. The molecule has 0 saturated heterocycles. The molecular formula is C26H30ClN3O3. The Hall–Kier alpha value is -2.65. The molecule has 0 aliphatic heterocycles. The highest BCUT2D eigenvalue weighted by Gasteiger charge is 2.37. The normalized spacial score (nSPS) is 21.2. The second kappa shape index (κ2) is 9.69. The number of hydrogen-bond acceptors (Lipinski definition) is 4. The fourth-order valence-electron chi connectivity index (χ4n) is 4.90. The summed E-state index contributed by atoms with van der Waals surface area (Å²) in [6.07, 6.45) is 6.32. The molecule has 7 heteroatoms. The van der Waals surface area contributed by atoms with Crippen molar-refractivity contribution in [3.05, 3.63) is 35.0 Å². The fraction of sp³-hybridized carbons (Fsp3) is 0.538. The van der Waals surface area contributed by atoms with Crippen molar-refractivity contribution in [2.24, 2.45) is 17.8 Å². The van der Waals surface area contributed by atoms with E-state index in [-0.39, 0.29) is 29.8 Å². The molecule has 1 heterocycles. The van der Waals surface area contributed by atoms with E-state index in [1.807, 2.05) is 12.1 Å². The summed E-state index contributed by atoms with van der Waals surface area (Å²) < 4.78 is 0. The number of hydrogen-bond donors (Lipinski definition) is 2. The van der Waals surface area contributed by atoms with Gasteiger partial charge in [0.2, 0.25) is 5.91 Å². The zero-order valence-corrected chi connectivity index (χ0v) is 19.7. The number of nitrogens with zero attached hydrogens (tertiary/aromatic N) is 1. The zero-order chi connectivity index (χ0) is 23.6. The molecule has 2 aliphatic rings. The Morgan fingerprint density at radius 2 is 2.09 bits per heavy atom. The predicted octanol–water partition coefficient (Wildman–Crippen LogP) is 5.36. The first-order chi connectivity index (χ1) is 15.8. The number of fused-ring (bicyclic) bond motifs is 1. The van der Waals surface area contributed by atoms with Gasteiger partial charge in [-0.1, -0.05) is 43.0 Å². The molecule has 0 bridgehead atoms. The van der Waals surface area contributed by atoms with Crippen LogP contribution >= 0.6 is 11.6 Å². The minimum absolute atomic E-state index is 0.0661. The summed E-state index contributed by atoms with van der Waals surface area (Å²) in [5, 5.41) is 14.1. The van der Waals surface area contributed by atoms with Crippen LogP contribution in [-0.2, 0) is 9.59 Å². The van der Waals surface area contributed by atoms with Crippen molar-refractivity contribution in [1.82, 2.24) is 10.3 Å². The average Bonchev–Trinajstić information content (AvgIpc) is 3.49. The number of nitrogens with one attached hydrogen (secondary N) is 2. The van der Waals surface area contributed by atoms with Crippen LogP contribution in [0.4, 0.5) is 0 Å². The fourth-order valence-corrected chi connectivity index (χ4v) is 5.13. The maximum atomic E-state index is 13.3. The van der Waals surface area contributed by atoms with Crippen LogP contribution in [0.25, 0.3) is 10.9 Å². The Balaban J connectivity index is 1.46. The Kier molecular flexibility index (Phi) is 6.90. The lowest BCUT2D eigenvalue weighted by Gasteiger charge is -2.31. The number of carbonyl (C=O) groups is 3. The van der Waals surface area contributed by atoms with Gasteiger partial charge < -0.3 is 10.3 Å². The van der Waals surface area contributed by atoms with Gasteiger partial charge in [0.15, 0.2) is 5.78 Å². The first-order valence-corrected chi connectivity index (χ1v) is 12.2. The zero-order valence-electron chi connectivity index (χ0n) is 19.0. The molecule has 1 aromatic carbocycles. The molecule has 2 N–H and O–H groups in total. The van der Waals surface area contributed by atoms with Crippen LogP contribution < -0.4 is 5.32 Å². The molecule has 33 heavy (non-hydrogen) atoms. The Morgan fingerprint density at radius 1 is 1.30 bits per heavy atom. The number of benzene rings is 1. The Bertz CT molecular complexity index is 1110. The second-order valence-electron chi connectivity index (χ2n) is 9.94. The summed E-state index contributed by atoms with van der Waals surface area (Å²) in [6, 6.07) is 9.46. The SMILES string of the molecule is CC(C#N)(CC1CCCCC1=O)NC(=O)C(CC(=O)c1cc2cccc(Cl)c2[nH]1)CC1CC1. The summed E-state index contributed by atoms with van der Waals surface area (Å²) in [7, 11) is 0. The summed E-state index contributed by atoms with van der Waals surface area (Å²) in [6.45, 7) is 1.68. The van der Waals surface area contributed by atoms with Crippen LogP contribution in [-0.4, -0.2) is 28.0 Å². The van der Waals surface area contributed by atoms with Crippen LogP contribution in [0.3, 0.4) is 0 Å². The maximum absolute atomic E-state index is 13.3. The largest absolute Gasteiger partial charge is 0.351 e. The van der Waals surface area contributed by atoms with Crippen LogP contribution in [0, 0.1) is 29.1 Å². The summed E-state index contributed by atoms with van der Waals surface area (Å²) in [5.74, 6) is -0.510. The number of amides is 1. The van der Waals surface area contributed by atoms with Crippen LogP contribution in [0.15, 0.2) is 24.3 Å². The monoisotopic (exact) mass is 467 g/mol. The van der Waals surface area contributed by atoms with Crippen LogP contribution in [0.1, 0.15) is 75.2 Å². The highest BCUT2D eigenvalue weighted by atomic mass is 35.5. The number of H-pyrrole nitrogens is 1. The van der Waals surface area contributed by atoms with E-state index in [0.717, 1.165) is 37.5 Å². The minimum Gasteiger partial charge on any atom is -0.351 e. The lowest BCUT2D eigenvalue weighted by Crippen LogP contribution is -2.49. The number of carbonyl (C=O) groups excluding carboxylic acids is 3. The molecule has 2 aliphatic carbocycles. The molecule has 3 atom stereocenters. The molecule has 3 unspecified atom stereocenters. The van der Waals surface area contributed by atoms with E-state index in [1.54, 1.807) is 19.1 Å². The minimum atomic E-state index is -1.13. The van der Waals surface area contributed by atoms with Crippen LogP contribution in [0.2, 0.25) is 5.02 Å². The quantitative estimate of drug-likeness (QED) is 0.484. The summed E-state index contributed by atoms with van der Waals surface area (Å²) in [5.41, 5.74) is 0.0104. The summed E-state index contributed by atoms with van der Waals surface area (Å²) >= 11 is 6.23. The molecule has 2 fully saturated rings. The van der Waals surface area contributed by atoms with Gasteiger partial charge in [0.1, 0.15) is 11.3 Å². The van der Waals surface area contributed by atoms with Gasteiger partial charge in [-0.2, -0.15) is 5.26 Å². The molecule has 2 aromatic rings. The number of para-hydroxylation sites is 1. The lowest BCUT2D eigenvalue weighted by molar-refractivity contribution is -0.129. The molecule has 1 amide bonds. The smallest absolute Gasteiger partial charge is 0.224 e. The van der Waals surface area contributed by atoms with Gasteiger partial charge in [0.05, 0.1) is 22.3 Å². The van der Waals surface area contributed by atoms with Gasteiger partial charge in [-0.05, 0) is 50.7 Å². The third-order valence-corrected chi connectivity index (χ3v) is 7.32. The Morgan fingerprint density at radius 3 is 2.76 bits per heavy atom. The first kappa shape index (κ1) is 23.5. The van der Waals surface area contributed by atoms with E-state index < -0.39 is 11.5 Å². The standard InChI is InChI=1S/C26H30ClN3O3/c1-26(15-28,14-18-5-2-3-8-22(18)31)30-25(33)19(11-16-9-10-16)13-23(32)21-12-17-6-4-7-20(27)24(17)29-21/h4,6-7,12,16,18-19,29H,2-3,5,8-11,13-14H2,1H3,(H,30,33).